The lowest BCUT2D eigenvalue weighted by molar-refractivity contribution is -0.139. The van der Waals surface area contributed by atoms with Gasteiger partial charge in [0, 0.05) is 22.7 Å². The minimum Gasteiger partial charge on any atom is -0.491 e. The maximum Gasteiger partial charge on any atom is 0.417 e. The fourth-order valence-electron chi connectivity index (χ4n) is 9.18. The second-order valence-electron chi connectivity index (χ2n) is 14.7. The molecule has 2 aliphatic carbocycles. The molecule has 58 heavy (non-hydrogen) atoms. The lowest BCUT2D eigenvalue weighted by atomic mass is 9.49. The first-order valence-electron chi connectivity index (χ1n) is 18.3. The Labute approximate surface area is 339 Å². The van der Waals surface area contributed by atoms with E-state index in [1.54, 1.807) is 48.5 Å². The van der Waals surface area contributed by atoms with E-state index in [1.807, 2.05) is 6.08 Å². The average Bonchev–Trinajstić information content (AvgIpc) is 3.58. The summed E-state index contributed by atoms with van der Waals surface area (Å²) in [7, 11) is 0. The summed E-state index contributed by atoms with van der Waals surface area (Å²) in [5.74, 6) is -7.12. The summed E-state index contributed by atoms with van der Waals surface area (Å²) in [6, 6.07) is 20.0. The topological polar surface area (TPSA) is 146 Å². The molecule has 298 valence electrons. The van der Waals surface area contributed by atoms with Crippen molar-refractivity contribution in [3.63, 3.8) is 0 Å². The Morgan fingerprint density at radius 1 is 0.948 bits per heavy atom. The Morgan fingerprint density at radius 2 is 1.64 bits per heavy atom. The molecule has 2 N–H and O–H groups in total. The fraction of sp³-hybridized carbons (Fsp3) is 0.286. The summed E-state index contributed by atoms with van der Waals surface area (Å²) < 4.78 is 46.1. The number of Topliss-reactive ketones (excluding diaryl/α,β-unsaturated/α-hetero) is 1. The van der Waals surface area contributed by atoms with Crippen LogP contribution in [0.15, 0.2) is 96.7 Å². The number of allylic oxidation sites excluding steroid dienone is 2. The number of aliphatic hydroxyl groups is 1. The van der Waals surface area contributed by atoms with E-state index < -0.39 is 75.4 Å². The van der Waals surface area contributed by atoms with Gasteiger partial charge in [-0.1, -0.05) is 59.1 Å². The van der Waals surface area contributed by atoms with Crippen LogP contribution in [0.5, 0.6) is 5.75 Å². The number of alkyl halides is 3. The summed E-state index contributed by atoms with van der Waals surface area (Å²) in [5.41, 5.74) is 2.09. The van der Waals surface area contributed by atoms with E-state index in [1.165, 1.54) is 31.2 Å². The summed E-state index contributed by atoms with van der Waals surface area (Å²) in [6.45, 7) is 1.20. The normalized spacial score (nSPS) is 25.3. The van der Waals surface area contributed by atoms with E-state index in [-0.39, 0.29) is 37.7 Å². The molecule has 11 nitrogen and oxygen atoms in total. The number of nitrogens with zero attached hydrogens (tertiary/aromatic N) is 3. The number of nitrogens with one attached hydrogen (secondary N) is 1. The number of amides is 4. The van der Waals surface area contributed by atoms with Crippen LogP contribution in [-0.2, 0) is 30.8 Å². The summed E-state index contributed by atoms with van der Waals surface area (Å²) in [6.07, 6.45) is -2.27. The lowest BCUT2D eigenvalue weighted by Crippen LogP contribution is -2.53. The largest absolute Gasteiger partial charge is 0.491 e. The Bertz CT molecular complexity index is 2390. The van der Waals surface area contributed by atoms with Crippen molar-refractivity contribution in [3.05, 3.63) is 129 Å². The first-order valence-corrected chi connectivity index (χ1v) is 19.1. The Kier molecular flexibility index (Phi) is 9.93. The molecule has 3 heterocycles. The molecule has 0 radical (unpaired) electrons. The highest BCUT2D eigenvalue weighted by Gasteiger charge is 2.70. The van der Waals surface area contributed by atoms with Crippen molar-refractivity contribution in [2.75, 3.05) is 23.5 Å². The maximum atomic E-state index is 15.3. The number of hydrogen-bond donors (Lipinski definition) is 2. The Morgan fingerprint density at radius 3 is 2.26 bits per heavy atom. The van der Waals surface area contributed by atoms with Crippen LogP contribution >= 0.6 is 23.2 Å². The van der Waals surface area contributed by atoms with Crippen molar-refractivity contribution < 1.29 is 47.0 Å². The average molecular weight is 834 g/mol. The first kappa shape index (κ1) is 39.3. The predicted octanol–water partition coefficient (Wildman–Crippen LogP) is 7.17. The molecule has 1 aromatic heterocycles. The van der Waals surface area contributed by atoms with E-state index in [2.05, 4.69) is 10.4 Å². The Hall–Kier alpha value is -5.57. The van der Waals surface area contributed by atoms with Gasteiger partial charge in [-0.05, 0) is 91.4 Å². The molecule has 4 amide bonds. The molecule has 3 fully saturated rings. The van der Waals surface area contributed by atoms with Crippen LogP contribution in [0.3, 0.4) is 0 Å². The highest BCUT2D eigenvalue weighted by molar-refractivity contribution is 6.33. The van der Waals surface area contributed by atoms with E-state index in [0.29, 0.717) is 51.0 Å². The van der Waals surface area contributed by atoms with Crippen molar-refractivity contribution in [2.24, 2.45) is 23.7 Å². The molecule has 16 heteroatoms. The van der Waals surface area contributed by atoms with E-state index in [9.17, 15) is 37.5 Å². The van der Waals surface area contributed by atoms with Gasteiger partial charge in [0.15, 0.2) is 11.6 Å². The zero-order chi connectivity index (χ0) is 41.3. The molecular formula is C42H33Cl2F3N4O7. The molecular weight excluding hydrogens is 800 g/mol. The van der Waals surface area contributed by atoms with Crippen LogP contribution in [0.4, 0.5) is 24.7 Å². The minimum absolute atomic E-state index is 0.0220. The number of rotatable bonds is 9. The SMILES string of the molecule is CC(=O)c1ccc(N2C(=O)C3CC=C4C(CC5C(=O)N(Nc6ncc(C(F)(F)F)cc6Cl)C(=O)C5(c5ccc(Cl)cc5)C4c4ccc(OCCO)cc4)C3C2=O)cc1. The molecule has 6 atom stereocenters. The van der Waals surface area contributed by atoms with Gasteiger partial charge in [-0.3, -0.25) is 34.3 Å². The second-order valence-corrected chi connectivity index (χ2v) is 15.5. The number of carbonyl (C=O) groups excluding carboxylic acids is 5. The quantitative estimate of drug-likeness (QED) is 0.102. The van der Waals surface area contributed by atoms with Crippen LogP contribution in [0.25, 0.3) is 0 Å². The van der Waals surface area contributed by atoms with Gasteiger partial charge in [0.05, 0.1) is 46.0 Å². The molecule has 3 aromatic carbocycles. The Balaban J connectivity index is 1.28. The fourth-order valence-corrected chi connectivity index (χ4v) is 9.51. The van der Waals surface area contributed by atoms with Crippen molar-refractivity contribution >= 4 is 64.1 Å². The maximum absolute atomic E-state index is 15.3. The van der Waals surface area contributed by atoms with Gasteiger partial charge >= 0.3 is 6.18 Å². The predicted molar refractivity (Wildman–Crippen MR) is 205 cm³/mol. The van der Waals surface area contributed by atoms with Crippen molar-refractivity contribution in [2.45, 2.75) is 37.3 Å². The molecule has 6 unspecified atom stereocenters. The van der Waals surface area contributed by atoms with Crippen LogP contribution in [0, 0.1) is 23.7 Å². The number of hydrazine groups is 1. The first-order chi connectivity index (χ1) is 27.7. The minimum atomic E-state index is -4.76. The molecule has 8 rings (SSSR count). The highest BCUT2D eigenvalue weighted by Crippen LogP contribution is 2.64. The molecule has 4 aromatic rings. The molecule has 0 spiro atoms. The van der Waals surface area contributed by atoms with Crippen LogP contribution in [0.1, 0.15) is 52.7 Å². The number of fused-ring (bicyclic) bond motifs is 4. The number of aliphatic hydroxyl groups excluding tert-OH is 1. The van der Waals surface area contributed by atoms with Crippen molar-refractivity contribution in [3.8, 4) is 5.75 Å². The number of carbonyl (C=O) groups is 5. The number of pyridine rings is 1. The molecule has 2 aliphatic heterocycles. The number of ether oxygens (including phenoxy) is 1. The number of imide groups is 2. The summed E-state index contributed by atoms with van der Waals surface area (Å²) in [5, 5.41) is 9.92. The molecule has 1 saturated carbocycles. The van der Waals surface area contributed by atoms with Crippen LogP contribution in [-0.4, -0.2) is 57.7 Å². The third-order valence-electron chi connectivity index (χ3n) is 11.7. The monoisotopic (exact) mass is 832 g/mol. The third kappa shape index (κ3) is 6.25. The van der Waals surface area contributed by atoms with Crippen molar-refractivity contribution in [1.29, 1.82) is 0 Å². The number of anilines is 2. The van der Waals surface area contributed by atoms with Crippen LogP contribution < -0.4 is 15.1 Å². The van der Waals surface area contributed by atoms with Gasteiger partial charge in [0.2, 0.25) is 11.8 Å². The zero-order valence-corrected chi connectivity index (χ0v) is 32.0. The number of ketones is 1. The van der Waals surface area contributed by atoms with Gasteiger partial charge < -0.3 is 9.84 Å². The summed E-state index contributed by atoms with van der Waals surface area (Å²) in [4.78, 5) is 75.8. The van der Waals surface area contributed by atoms with E-state index in [4.69, 9.17) is 27.9 Å². The third-order valence-corrected chi connectivity index (χ3v) is 12.2. The van der Waals surface area contributed by atoms with Gasteiger partial charge in [-0.2, -0.15) is 18.2 Å². The molecule has 0 bridgehead atoms. The van der Waals surface area contributed by atoms with Gasteiger partial charge in [-0.25, -0.2) is 4.98 Å². The lowest BCUT2D eigenvalue weighted by Gasteiger charge is -2.50. The van der Waals surface area contributed by atoms with Gasteiger partial charge in [0.1, 0.15) is 12.4 Å². The number of aromatic nitrogens is 1. The van der Waals surface area contributed by atoms with Crippen molar-refractivity contribution in [1.82, 2.24) is 9.99 Å². The van der Waals surface area contributed by atoms with Gasteiger partial charge in [0.25, 0.3) is 11.8 Å². The van der Waals surface area contributed by atoms with Crippen LogP contribution in [0.2, 0.25) is 10.0 Å². The van der Waals surface area contributed by atoms with E-state index in [0.717, 1.165) is 9.91 Å². The van der Waals surface area contributed by atoms with Gasteiger partial charge in [-0.15, -0.1) is 0 Å². The van der Waals surface area contributed by atoms with E-state index >= 15 is 4.79 Å². The zero-order valence-electron chi connectivity index (χ0n) is 30.5. The number of hydrogen-bond acceptors (Lipinski definition) is 9. The summed E-state index contributed by atoms with van der Waals surface area (Å²) >= 11 is 12.6. The molecule has 4 aliphatic rings. The highest BCUT2D eigenvalue weighted by atomic mass is 35.5. The number of benzene rings is 3. The molecule has 2 saturated heterocycles. The smallest absolute Gasteiger partial charge is 0.417 e. The second kappa shape index (κ2) is 14.7. The number of halogens is 5. The standard InChI is InChI=1S/C42H33Cl2F3N4O7/c1-21(53)22-2-10-27(11-3-22)50-37(54)30-15-14-29-31(34(30)39(50)56)19-32-38(55)51(49-36-33(44)18-25(20-48-36)42(45,46)47)40(57)41(32,24-6-8-26(43)9-7-24)35(29)23-4-12-28(13-5-23)58-17-16-52/h2-14,18,20,30-32,34-35,52H,15-17,19H2,1H3,(H,48,49).